The third-order valence-corrected chi connectivity index (χ3v) is 6.74. The monoisotopic (exact) mass is 408 g/mol. The topological polar surface area (TPSA) is 84.4 Å². The van der Waals surface area contributed by atoms with Crippen LogP contribution in [0.15, 0.2) is 30.6 Å². The number of hydrogen-bond acceptors (Lipinski definition) is 5. The lowest BCUT2D eigenvalue weighted by molar-refractivity contribution is -0.122. The highest BCUT2D eigenvalue weighted by molar-refractivity contribution is 5.95. The van der Waals surface area contributed by atoms with Gasteiger partial charge in [-0.05, 0) is 61.6 Å². The fourth-order valence-corrected chi connectivity index (χ4v) is 4.97. The summed E-state index contributed by atoms with van der Waals surface area (Å²) in [7, 11) is 0. The van der Waals surface area contributed by atoms with E-state index < -0.39 is 0 Å². The van der Waals surface area contributed by atoms with Crippen LogP contribution in [0.25, 0.3) is 10.9 Å². The molecule has 7 heteroatoms. The molecule has 3 aliphatic rings. The summed E-state index contributed by atoms with van der Waals surface area (Å²) >= 11 is 0. The van der Waals surface area contributed by atoms with E-state index >= 15 is 0 Å². The smallest absolute Gasteiger partial charge is 0.272 e. The highest BCUT2D eigenvalue weighted by Crippen LogP contribution is 2.39. The zero-order valence-electron chi connectivity index (χ0n) is 17.3. The van der Waals surface area contributed by atoms with Crippen molar-refractivity contribution in [3.8, 4) is 0 Å². The van der Waals surface area contributed by atoms with Crippen LogP contribution in [0.3, 0.4) is 0 Å². The standard InChI is InChI=1S/C23H28N4O3/c1-14(28)25-21-8-17-11-27(12-18(17)9-22(21)30-13-15-2-3-15)23(29)20-5-4-16-10-24-7-6-19(16)26-20/h4-7,10,15,17-18,21-22H,2-3,8-9,11-13H2,1H3,(H,25,28)/t17-,18+,21-,22-/m1/s1. The Balaban J connectivity index is 1.28. The molecular formula is C23H28N4O3. The minimum atomic E-state index is -0.0189. The average molecular weight is 409 g/mol. The number of carbonyl (C=O) groups is 2. The zero-order valence-corrected chi connectivity index (χ0v) is 17.3. The molecule has 0 unspecified atom stereocenters. The number of nitrogens with zero attached hydrogens (tertiary/aromatic N) is 3. The number of hydrogen-bond donors (Lipinski definition) is 1. The largest absolute Gasteiger partial charge is 0.376 e. The highest BCUT2D eigenvalue weighted by atomic mass is 16.5. The van der Waals surface area contributed by atoms with Crippen LogP contribution >= 0.6 is 0 Å². The molecule has 0 bridgehead atoms. The molecule has 1 aliphatic heterocycles. The van der Waals surface area contributed by atoms with Crippen molar-refractivity contribution < 1.29 is 14.3 Å². The van der Waals surface area contributed by atoms with Gasteiger partial charge in [-0.2, -0.15) is 0 Å². The summed E-state index contributed by atoms with van der Waals surface area (Å²) in [5, 5.41) is 4.03. The van der Waals surface area contributed by atoms with Gasteiger partial charge in [0.1, 0.15) is 5.69 Å². The maximum Gasteiger partial charge on any atom is 0.272 e. The number of fused-ring (bicyclic) bond motifs is 2. The van der Waals surface area contributed by atoms with E-state index in [0.717, 1.165) is 36.9 Å². The predicted octanol–water partition coefficient (Wildman–Crippen LogP) is 2.41. The quantitative estimate of drug-likeness (QED) is 0.821. The summed E-state index contributed by atoms with van der Waals surface area (Å²) in [5.74, 6) is 1.45. The Bertz CT molecular complexity index is 960. The van der Waals surface area contributed by atoms with Crippen molar-refractivity contribution in [3.05, 3.63) is 36.3 Å². The first-order valence-electron chi connectivity index (χ1n) is 11.0. The first kappa shape index (κ1) is 19.4. The maximum absolute atomic E-state index is 13.1. The minimum Gasteiger partial charge on any atom is -0.376 e. The number of rotatable bonds is 5. The Morgan fingerprint density at radius 2 is 1.97 bits per heavy atom. The van der Waals surface area contributed by atoms with Gasteiger partial charge >= 0.3 is 0 Å². The van der Waals surface area contributed by atoms with Crippen LogP contribution in [0.2, 0.25) is 0 Å². The first-order valence-corrected chi connectivity index (χ1v) is 11.0. The van der Waals surface area contributed by atoms with Crippen molar-refractivity contribution in [1.82, 2.24) is 20.2 Å². The molecule has 3 heterocycles. The molecule has 2 saturated carbocycles. The van der Waals surface area contributed by atoms with E-state index in [0.29, 0.717) is 30.0 Å². The van der Waals surface area contributed by atoms with Crippen LogP contribution in [0, 0.1) is 17.8 Å². The van der Waals surface area contributed by atoms with Gasteiger partial charge in [-0.3, -0.25) is 14.6 Å². The summed E-state index contributed by atoms with van der Waals surface area (Å²) in [6, 6.07) is 5.55. The van der Waals surface area contributed by atoms with Crippen molar-refractivity contribution >= 4 is 22.7 Å². The number of carbonyl (C=O) groups excluding carboxylic acids is 2. The van der Waals surface area contributed by atoms with Crippen LogP contribution in [-0.4, -0.2) is 58.5 Å². The molecule has 0 radical (unpaired) electrons. The van der Waals surface area contributed by atoms with Crippen LogP contribution in [-0.2, 0) is 9.53 Å². The molecule has 2 aromatic heterocycles. The Morgan fingerprint density at radius 3 is 2.73 bits per heavy atom. The summed E-state index contributed by atoms with van der Waals surface area (Å²) in [4.78, 5) is 35.4. The summed E-state index contributed by atoms with van der Waals surface area (Å²) in [6.45, 7) is 3.80. The average Bonchev–Trinajstić information content (AvgIpc) is 3.48. The number of aromatic nitrogens is 2. The molecule has 158 valence electrons. The summed E-state index contributed by atoms with van der Waals surface area (Å²) < 4.78 is 6.22. The molecular weight excluding hydrogens is 380 g/mol. The molecule has 2 aromatic rings. The fourth-order valence-electron chi connectivity index (χ4n) is 4.97. The highest BCUT2D eigenvalue weighted by Gasteiger charge is 2.44. The van der Waals surface area contributed by atoms with E-state index in [4.69, 9.17) is 4.74 Å². The molecule has 30 heavy (non-hydrogen) atoms. The zero-order chi connectivity index (χ0) is 20.7. The van der Waals surface area contributed by atoms with Gasteiger partial charge in [0.25, 0.3) is 5.91 Å². The molecule has 2 aliphatic carbocycles. The lowest BCUT2D eigenvalue weighted by Gasteiger charge is -2.38. The Kier molecular flexibility index (Phi) is 5.15. The van der Waals surface area contributed by atoms with Crippen molar-refractivity contribution in [3.63, 3.8) is 0 Å². The van der Waals surface area contributed by atoms with Crippen molar-refractivity contribution in [2.75, 3.05) is 19.7 Å². The molecule has 7 nitrogen and oxygen atoms in total. The molecule has 4 atom stereocenters. The molecule has 1 N–H and O–H groups in total. The van der Waals surface area contributed by atoms with E-state index in [-0.39, 0.29) is 24.0 Å². The Labute approximate surface area is 176 Å². The number of amides is 2. The third-order valence-electron chi connectivity index (χ3n) is 6.74. The van der Waals surface area contributed by atoms with Crippen LogP contribution < -0.4 is 5.32 Å². The van der Waals surface area contributed by atoms with Crippen LogP contribution in [0.1, 0.15) is 43.1 Å². The third kappa shape index (κ3) is 4.03. The maximum atomic E-state index is 13.1. The van der Waals surface area contributed by atoms with Gasteiger partial charge < -0.3 is 15.0 Å². The lowest BCUT2D eigenvalue weighted by Crippen LogP contribution is -2.50. The Morgan fingerprint density at radius 1 is 1.17 bits per heavy atom. The number of ether oxygens (including phenoxy) is 1. The van der Waals surface area contributed by atoms with Crippen molar-refractivity contribution in [2.24, 2.45) is 17.8 Å². The number of pyridine rings is 2. The second-order valence-electron chi connectivity index (χ2n) is 9.09. The van der Waals surface area contributed by atoms with Crippen molar-refractivity contribution in [2.45, 2.75) is 44.8 Å². The second-order valence-corrected chi connectivity index (χ2v) is 9.09. The van der Waals surface area contributed by atoms with E-state index in [1.165, 1.54) is 12.8 Å². The van der Waals surface area contributed by atoms with E-state index in [1.54, 1.807) is 25.4 Å². The number of nitrogens with one attached hydrogen (secondary N) is 1. The first-order chi connectivity index (χ1) is 14.6. The molecule has 3 fully saturated rings. The van der Waals surface area contributed by atoms with E-state index in [1.807, 2.05) is 17.0 Å². The minimum absolute atomic E-state index is 0.0146. The van der Waals surface area contributed by atoms with Gasteiger partial charge in [0, 0.05) is 44.4 Å². The SMILES string of the molecule is CC(=O)N[C@@H]1C[C@@H]2CN(C(=O)c3ccc4cnccc4n3)C[C@@H]2C[C@H]1OCC1CC1. The van der Waals surface area contributed by atoms with Crippen LogP contribution in [0.4, 0.5) is 0 Å². The molecule has 0 spiro atoms. The van der Waals surface area contributed by atoms with Gasteiger partial charge in [-0.1, -0.05) is 0 Å². The number of likely N-dealkylation sites (tertiary alicyclic amines) is 1. The van der Waals surface area contributed by atoms with Crippen LogP contribution in [0.5, 0.6) is 0 Å². The fraction of sp³-hybridized carbons (Fsp3) is 0.565. The summed E-state index contributed by atoms with van der Waals surface area (Å²) in [5.41, 5.74) is 1.26. The van der Waals surface area contributed by atoms with Crippen molar-refractivity contribution in [1.29, 1.82) is 0 Å². The molecule has 1 saturated heterocycles. The Hall–Kier alpha value is -2.54. The lowest BCUT2D eigenvalue weighted by atomic mass is 9.77. The van der Waals surface area contributed by atoms with E-state index in [9.17, 15) is 9.59 Å². The molecule has 2 amide bonds. The van der Waals surface area contributed by atoms with Gasteiger partial charge in [-0.25, -0.2) is 4.98 Å². The van der Waals surface area contributed by atoms with E-state index in [2.05, 4.69) is 15.3 Å². The van der Waals surface area contributed by atoms with Gasteiger partial charge in [-0.15, -0.1) is 0 Å². The normalized spacial score (nSPS) is 28.4. The predicted molar refractivity (Wildman–Crippen MR) is 112 cm³/mol. The molecule has 0 aromatic carbocycles. The van der Waals surface area contributed by atoms with Gasteiger partial charge in [0.2, 0.25) is 5.91 Å². The summed E-state index contributed by atoms with van der Waals surface area (Å²) in [6.07, 6.45) is 7.74. The second kappa shape index (κ2) is 7.95. The molecule has 5 rings (SSSR count). The van der Waals surface area contributed by atoms with Gasteiger partial charge in [0.05, 0.1) is 17.7 Å². The van der Waals surface area contributed by atoms with Gasteiger partial charge in [0.15, 0.2) is 0 Å².